The Balaban J connectivity index is 2.61. The highest BCUT2D eigenvalue weighted by atomic mass is 35.5. The molecule has 1 aromatic rings. The van der Waals surface area contributed by atoms with E-state index in [1.54, 1.807) is 0 Å². The van der Waals surface area contributed by atoms with Crippen molar-refractivity contribution in [1.29, 1.82) is 0 Å². The molecule has 0 unspecified atom stereocenters. The van der Waals surface area contributed by atoms with Crippen molar-refractivity contribution in [3.63, 3.8) is 0 Å². The number of benzene rings is 1. The van der Waals surface area contributed by atoms with Crippen LogP contribution in [0.5, 0.6) is 0 Å². The quantitative estimate of drug-likeness (QED) is 0.612. The van der Waals surface area contributed by atoms with Crippen LogP contribution in [0, 0.1) is 0 Å². The highest BCUT2D eigenvalue weighted by Gasteiger charge is 2.17. The second-order valence-corrected chi connectivity index (χ2v) is 6.56. The molecule has 0 aliphatic rings. The van der Waals surface area contributed by atoms with Gasteiger partial charge >= 0.3 is 5.97 Å². The largest absolute Gasteiger partial charge is 0.465 e. The van der Waals surface area contributed by atoms with Gasteiger partial charge in [0.2, 0.25) is 10.0 Å². The molecular weight excluding hydrogens is 325 g/mol. The van der Waals surface area contributed by atoms with E-state index >= 15 is 0 Å². The molecule has 0 saturated carbocycles. The zero-order valence-corrected chi connectivity index (χ0v) is 13.2. The van der Waals surface area contributed by atoms with E-state index in [0.29, 0.717) is 0 Å². The van der Waals surface area contributed by atoms with E-state index in [1.165, 1.54) is 18.2 Å². The molecule has 0 heterocycles. The fourth-order valence-electron chi connectivity index (χ4n) is 1.26. The maximum atomic E-state index is 11.9. The summed E-state index contributed by atoms with van der Waals surface area (Å²) < 4.78 is 30.8. The van der Waals surface area contributed by atoms with Crippen molar-refractivity contribution in [2.45, 2.75) is 24.7 Å². The zero-order chi connectivity index (χ0) is 15.2. The van der Waals surface area contributed by atoms with Gasteiger partial charge in [0.15, 0.2) is 0 Å². The molecule has 0 bridgehead atoms. The average Bonchev–Trinajstić information content (AvgIpc) is 2.40. The molecule has 0 atom stereocenters. The molecule has 1 aromatic carbocycles. The Kier molecular flexibility index (Phi) is 6.75. The molecule has 0 fully saturated rings. The lowest BCUT2D eigenvalue weighted by molar-refractivity contribution is -0.142. The topological polar surface area (TPSA) is 72.5 Å². The first-order valence-electron chi connectivity index (χ1n) is 5.97. The molecule has 112 valence electrons. The SMILES string of the molecule is CCCCOC(=O)CNS(=O)(=O)c1ccc(Cl)c(Cl)c1. The summed E-state index contributed by atoms with van der Waals surface area (Å²) in [5, 5.41) is 0.379. The van der Waals surface area contributed by atoms with Gasteiger partial charge in [0.05, 0.1) is 21.5 Å². The van der Waals surface area contributed by atoms with Crippen molar-refractivity contribution in [2.24, 2.45) is 0 Å². The summed E-state index contributed by atoms with van der Waals surface area (Å²) in [7, 11) is -3.82. The highest BCUT2D eigenvalue weighted by Crippen LogP contribution is 2.24. The summed E-state index contributed by atoms with van der Waals surface area (Å²) in [5.41, 5.74) is 0. The Morgan fingerprint density at radius 1 is 1.30 bits per heavy atom. The maximum absolute atomic E-state index is 11.9. The predicted molar refractivity (Wildman–Crippen MR) is 77.5 cm³/mol. The Labute approximate surface area is 128 Å². The minimum absolute atomic E-state index is 0.0618. The minimum atomic E-state index is -3.82. The number of nitrogens with one attached hydrogen (secondary N) is 1. The number of hydrogen-bond donors (Lipinski definition) is 1. The van der Waals surface area contributed by atoms with Gasteiger partial charge < -0.3 is 4.74 Å². The van der Waals surface area contributed by atoms with Crippen LogP contribution in [0.4, 0.5) is 0 Å². The molecule has 0 saturated heterocycles. The van der Waals surface area contributed by atoms with Crippen LogP contribution in [-0.2, 0) is 19.6 Å². The first-order valence-corrected chi connectivity index (χ1v) is 8.21. The van der Waals surface area contributed by atoms with E-state index in [9.17, 15) is 13.2 Å². The molecular formula is C12H15Cl2NO4S. The van der Waals surface area contributed by atoms with E-state index in [-0.39, 0.29) is 21.5 Å². The van der Waals surface area contributed by atoms with Gasteiger partial charge in [-0.15, -0.1) is 0 Å². The van der Waals surface area contributed by atoms with Crippen molar-refractivity contribution in [3.05, 3.63) is 28.2 Å². The summed E-state index contributed by atoms with van der Waals surface area (Å²) in [5.74, 6) is -0.623. The summed E-state index contributed by atoms with van der Waals surface area (Å²) >= 11 is 11.5. The van der Waals surface area contributed by atoms with Crippen LogP contribution >= 0.6 is 23.2 Å². The highest BCUT2D eigenvalue weighted by molar-refractivity contribution is 7.89. The van der Waals surface area contributed by atoms with E-state index in [1.807, 2.05) is 6.92 Å². The lowest BCUT2D eigenvalue weighted by Crippen LogP contribution is -2.30. The van der Waals surface area contributed by atoms with Gasteiger partial charge in [0, 0.05) is 0 Å². The van der Waals surface area contributed by atoms with Crippen molar-refractivity contribution in [1.82, 2.24) is 4.72 Å². The number of halogens is 2. The monoisotopic (exact) mass is 339 g/mol. The van der Waals surface area contributed by atoms with E-state index in [4.69, 9.17) is 27.9 Å². The van der Waals surface area contributed by atoms with Gasteiger partial charge in [-0.05, 0) is 24.6 Å². The third kappa shape index (κ3) is 5.28. The standard InChI is InChI=1S/C12H15Cl2NO4S/c1-2-3-6-19-12(16)8-15-20(17,18)9-4-5-10(13)11(14)7-9/h4-5,7,15H,2-3,6,8H2,1H3. The van der Waals surface area contributed by atoms with E-state index < -0.39 is 22.5 Å². The second kappa shape index (κ2) is 7.83. The number of sulfonamides is 1. The Hall–Kier alpha value is -0.820. The number of carbonyl (C=O) groups is 1. The number of hydrogen-bond acceptors (Lipinski definition) is 4. The third-order valence-electron chi connectivity index (χ3n) is 2.37. The minimum Gasteiger partial charge on any atom is -0.465 e. The number of carbonyl (C=O) groups excluding carboxylic acids is 1. The molecule has 0 radical (unpaired) electrons. The van der Waals surface area contributed by atoms with Crippen LogP contribution in [0.3, 0.4) is 0 Å². The number of ether oxygens (including phenoxy) is 1. The van der Waals surface area contributed by atoms with Gasteiger partial charge in [0.1, 0.15) is 6.54 Å². The number of rotatable bonds is 7. The van der Waals surface area contributed by atoms with Crippen LogP contribution < -0.4 is 4.72 Å². The molecule has 0 amide bonds. The molecule has 8 heteroatoms. The van der Waals surface area contributed by atoms with Gasteiger partial charge in [-0.1, -0.05) is 36.5 Å². The van der Waals surface area contributed by atoms with Crippen molar-refractivity contribution in [3.8, 4) is 0 Å². The fraction of sp³-hybridized carbons (Fsp3) is 0.417. The fourth-order valence-corrected chi connectivity index (χ4v) is 2.62. The molecule has 1 rings (SSSR count). The van der Waals surface area contributed by atoms with Crippen LogP contribution in [0.1, 0.15) is 19.8 Å². The molecule has 5 nitrogen and oxygen atoms in total. The predicted octanol–water partition coefficient (Wildman–Crippen LogP) is 2.62. The van der Waals surface area contributed by atoms with E-state index in [0.717, 1.165) is 12.8 Å². The summed E-state index contributed by atoms with van der Waals surface area (Å²) in [4.78, 5) is 11.3. The normalized spacial score (nSPS) is 11.3. The molecule has 0 aliphatic carbocycles. The zero-order valence-electron chi connectivity index (χ0n) is 10.9. The van der Waals surface area contributed by atoms with Gasteiger partial charge in [-0.25, -0.2) is 8.42 Å². The second-order valence-electron chi connectivity index (χ2n) is 3.97. The Bertz CT molecular complexity index is 575. The summed E-state index contributed by atoms with van der Waals surface area (Å²) in [6, 6.07) is 3.89. The Morgan fingerprint density at radius 2 is 2.00 bits per heavy atom. The lowest BCUT2D eigenvalue weighted by atomic mass is 10.4. The van der Waals surface area contributed by atoms with E-state index in [2.05, 4.69) is 4.72 Å². The first kappa shape index (κ1) is 17.2. The first-order chi connectivity index (χ1) is 9.36. The van der Waals surface area contributed by atoms with Gasteiger partial charge in [0.25, 0.3) is 0 Å². The molecule has 0 aliphatic heterocycles. The van der Waals surface area contributed by atoms with Crippen LogP contribution in [0.15, 0.2) is 23.1 Å². The van der Waals surface area contributed by atoms with Crippen molar-refractivity contribution < 1.29 is 17.9 Å². The van der Waals surface area contributed by atoms with Gasteiger partial charge in [-0.3, -0.25) is 4.79 Å². The van der Waals surface area contributed by atoms with Crippen LogP contribution in [0.25, 0.3) is 0 Å². The molecule has 1 N–H and O–H groups in total. The average molecular weight is 340 g/mol. The molecule has 20 heavy (non-hydrogen) atoms. The van der Waals surface area contributed by atoms with Gasteiger partial charge in [-0.2, -0.15) is 4.72 Å². The molecule has 0 spiro atoms. The number of unbranched alkanes of at least 4 members (excludes halogenated alkanes) is 1. The van der Waals surface area contributed by atoms with Crippen molar-refractivity contribution >= 4 is 39.2 Å². The number of esters is 1. The smallest absolute Gasteiger partial charge is 0.321 e. The van der Waals surface area contributed by atoms with Crippen LogP contribution in [-0.4, -0.2) is 27.5 Å². The van der Waals surface area contributed by atoms with Crippen molar-refractivity contribution in [2.75, 3.05) is 13.2 Å². The summed E-state index contributed by atoms with van der Waals surface area (Å²) in [6.07, 6.45) is 1.63. The third-order valence-corrected chi connectivity index (χ3v) is 4.51. The molecule has 0 aromatic heterocycles. The lowest BCUT2D eigenvalue weighted by Gasteiger charge is -2.08. The Morgan fingerprint density at radius 3 is 2.60 bits per heavy atom. The maximum Gasteiger partial charge on any atom is 0.321 e. The summed E-state index contributed by atoms with van der Waals surface area (Å²) in [6.45, 7) is 1.82. The van der Waals surface area contributed by atoms with Crippen LogP contribution in [0.2, 0.25) is 10.0 Å².